The predicted molar refractivity (Wildman–Crippen MR) is 91.4 cm³/mol. The summed E-state index contributed by atoms with van der Waals surface area (Å²) < 4.78 is 2.41. The standard InChI is InChI=1S/C15H10IN3O3/c1-9-17-14-7-2-10(16)8-13(14)15(20)18(9)11-3-5-12(6-4-11)19(21)22/h2-8H,1H3. The van der Waals surface area contributed by atoms with Gasteiger partial charge in [-0.2, -0.15) is 0 Å². The van der Waals surface area contributed by atoms with Crippen LogP contribution in [0.25, 0.3) is 16.6 Å². The molecule has 0 aliphatic rings. The Morgan fingerprint density at radius 1 is 1.18 bits per heavy atom. The molecule has 0 saturated heterocycles. The van der Waals surface area contributed by atoms with E-state index in [2.05, 4.69) is 27.6 Å². The van der Waals surface area contributed by atoms with Gasteiger partial charge in [-0.15, -0.1) is 0 Å². The van der Waals surface area contributed by atoms with Crippen molar-refractivity contribution in [1.82, 2.24) is 9.55 Å². The first-order valence-electron chi connectivity index (χ1n) is 6.41. The van der Waals surface area contributed by atoms with Gasteiger partial charge in [-0.1, -0.05) is 0 Å². The van der Waals surface area contributed by atoms with Gasteiger partial charge in [0.1, 0.15) is 5.82 Å². The number of fused-ring (bicyclic) bond motifs is 1. The maximum Gasteiger partial charge on any atom is 0.269 e. The van der Waals surface area contributed by atoms with Crippen molar-refractivity contribution >= 4 is 39.2 Å². The van der Waals surface area contributed by atoms with E-state index < -0.39 is 4.92 Å². The van der Waals surface area contributed by atoms with Crippen LogP contribution in [0.2, 0.25) is 0 Å². The first-order valence-corrected chi connectivity index (χ1v) is 7.49. The Balaban J connectivity index is 2.26. The summed E-state index contributed by atoms with van der Waals surface area (Å²) in [6, 6.07) is 11.3. The van der Waals surface area contributed by atoms with Gasteiger partial charge < -0.3 is 0 Å². The fraction of sp³-hybridized carbons (Fsp3) is 0.0667. The molecule has 3 aromatic rings. The number of hydrogen-bond acceptors (Lipinski definition) is 4. The number of nitro groups is 1. The summed E-state index contributed by atoms with van der Waals surface area (Å²) in [6.07, 6.45) is 0. The Kier molecular flexibility index (Phi) is 3.65. The highest BCUT2D eigenvalue weighted by atomic mass is 127. The lowest BCUT2D eigenvalue weighted by atomic mass is 10.2. The largest absolute Gasteiger partial charge is 0.269 e. The smallest absolute Gasteiger partial charge is 0.268 e. The maximum absolute atomic E-state index is 12.7. The van der Waals surface area contributed by atoms with Gasteiger partial charge >= 0.3 is 0 Å². The molecule has 110 valence electrons. The third-order valence-electron chi connectivity index (χ3n) is 3.32. The van der Waals surface area contributed by atoms with E-state index in [0.717, 1.165) is 3.57 Å². The van der Waals surface area contributed by atoms with Crippen molar-refractivity contribution in [3.63, 3.8) is 0 Å². The Labute approximate surface area is 138 Å². The Morgan fingerprint density at radius 3 is 2.50 bits per heavy atom. The minimum Gasteiger partial charge on any atom is -0.268 e. The lowest BCUT2D eigenvalue weighted by molar-refractivity contribution is -0.384. The van der Waals surface area contributed by atoms with Crippen LogP contribution in [0.1, 0.15) is 5.82 Å². The van der Waals surface area contributed by atoms with Gasteiger partial charge in [0.05, 0.1) is 21.5 Å². The molecular weight excluding hydrogens is 397 g/mol. The summed E-state index contributed by atoms with van der Waals surface area (Å²) >= 11 is 2.14. The van der Waals surface area contributed by atoms with Gasteiger partial charge in [-0.05, 0) is 59.8 Å². The van der Waals surface area contributed by atoms with E-state index in [1.807, 2.05) is 12.1 Å². The van der Waals surface area contributed by atoms with Gasteiger partial charge in [-0.3, -0.25) is 19.5 Å². The summed E-state index contributed by atoms with van der Waals surface area (Å²) in [5.41, 5.74) is 0.995. The highest BCUT2D eigenvalue weighted by molar-refractivity contribution is 14.1. The second kappa shape index (κ2) is 5.48. The van der Waals surface area contributed by atoms with Crippen LogP contribution in [-0.4, -0.2) is 14.5 Å². The van der Waals surface area contributed by atoms with Crippen molar-refractivity contribution in [1.29, 1.82) is 0 Å². The number of benzene rings is 2. The van der Waals surface area contributed by atoms with Crippen LogP contribution in [0.15, 0.2) is 47.3 Å². The zero-order valence-corrected chi connectivity index (χ0v) is 13.6. The summed E-state index contributed by atoms with van der Waals surface area (Å²) in [7, 11) is 0. The number of aryl methyl sites for hydroxylation is 1. The lowest BCUT2D eigenvalue weighted by Crippen LogP contribution is -2.22. The molecule has 2 aromatic carbocycles. The maximum atomic E-state index is 12.7. The van der Waals surface area contributed by atoms with E-state index in [0.29, 0.717) is 22.4 Å². The highest BCUT2D eigenvalue weighted by Crippen LogP contribution is 2.18. The van der Waals surface area contributed by atoms with E-state index in [-0.39, 0.29) is 11.2 Å². The first kappa shape index (κ1) is 14.6. The molecule has 0 fully saturated rings. The molecule has 6 nitrogen and oxygen atoms in total. The number of nitrogens with zero attached hydrogens (tertiary/aromatic N) is 3. The molecule has 3 rings (SSSR count). The van der Waals surface area contributed by atoms with Crippen molar-refractivity contribution in [2.45, 2.75) is 6.92 Å². The molecule has 0 unspecified atom stereocenters. The van der Waals surface area contributed by atoms with Crippen molar-refractivity contribution in [2.24, 2.45) is 0 Å². The molecule has 0 saturated carbocycles. The van der Waals surface area contributed by atoms with E-state index >= 15 is 0 Å². The SMILES string of the molecule is Cc1nc2ccc(I)cc2c(=O)n1-c1ccc([N+](=O)[O-])cc1. The molecule has 0 N–H and O–H groups in total. The summed E-state index contributed by atoms with van der Waals surface area (Å²) in [5, 5.41) is 11.2. The number of non-ortho nitro benzene ring substituents is 1. The quantitative estimate of drug-likeness (QED) is 0.371. The third kappa shape index (κ3) is 2.47. The Bertz CT molecular complexity index is 949. The van der Waals surface area contributed by atoms with Crippen LogP contribution in [0.5, 0.6) is 0 Å². The molecule has 7 heteroatoms. The molecule has 0 bridgehead atoms. The topological polar surface area (TPSA) is 78.0 Å². The van der Waals surface area contributed by atoms with E-state index in [1.165, 1.54) is 16.7 Å². The summed E-state index contributed by atoms with van der Waals surface area (Å²) in [6.45, 7) is 1.74. The van der Waals surface area contributed by atoms with Crippen molar-refractivity contribution in [3.05, 3.63) is 72.3 Å². The normalized spacial score (nSPS) is 10.8. The molecule has 0 aliphatic carbocycles. The monoisotopic (exact) mass is 407 g/mol. The molecule has 0 amide bonds. The fourth-order valence-electron chi connectivity index (χ4n) is 2.30. The number of rotatable bonds is 2. The van der Waals surface area contributed by atoms with Gasteiger partial charge in [0.15, 0.2) is 0 Å². The molecule has 0 spiro atoms. The molecule has 22 heavy (non-hydrogen) atoms. The molecule has 0 aliphatic heterocycles. The minimum atomic E-state index is -0.472. The molecular formula is C15H10IN3O3. The Hall–Kier alpha value is -2.29. The highest BCUT2D eigenvalue weighted by Gasteiger charge is 2.12. The van der Waals surface area contributed by atoms with Crippen molar-refractivity contribution < 1.29 is 4.92 Å². The number of nitro benzene ring substituents is 1. The number of halogens is 1. The van der Waals surface area contributed by atoms with Crippen LogP contribution in [0.4, 0.5) is 5.69 Å². The van der Waals surface area contributed by atoms with E-state index in [9.17, 15) is 14.9 Å². The van der Waals surface area contributed by atoms with Crippen LogP contribution >= 0.6 is 22.6 Å². The molecule has 0 atom stereocenters. The van der Waals surface area contributed by atoms with Crippen LogP contribution in [0, 0.1) is 20.6 Å². The van der Waals surface area contributed by atoms with Gasteiger partial charge in [0, 0.05) is 15.7 Å². The second-order valence-corrected chi connectivity index (χ2v) is 5.98. The lowest BCUT2D eigenvalue weighted by Gasteiger charge is -2.10. The average Bonchev–Trinajstić information content (AvgIpc) is 2.49. The van der Waals surface area contributed by atoms with Gasteiger partial charge in [-0.25, -0.2) is 4.98 Å². The van der Waals surface area contributed by atoms with Crippen molar-refractivity contribution in [2.75, 3.05) is 0 Å². The van der Waals surface area contributed by atoms with E-state index in [4.69, 9.17) is 0 Å². The van der Waals surface area contributed by atoms with Crippen LogP contribution in [0.3, 0.4) is 0 Å². The fourth-order valence-corrected chi connectivity index (χ4v) is 2.79. The first-order chi connectivity index (χ1) is 10.5. The predicted octanol–water partition coefficient (Wildman–Crippen LogP) is 3.21. The zero-order chi connectivity index (χ0) is 15.9. The summed E-state index contributed by atoms with van der Waals surface area (Å²) in [5.74, 6) is 0.535. The Morgan fingerprint density at radius 2 is 1.86 bits per heavy atom. The molecule has 0 radical (unpaired) electrons. The molecule has 1 aromatic heterocycles. The van der Waals surface area contributed by atoms with E-state index in [1.54, 1.807) is 25.1 Å². The minimum absolute atomic E-state index is 0.0160. The number of aromatic nitrogens is 2. The molecule has 1 heterocycles. The zero-order valence-electron chi connectivity index (χ0n) is 11.5. The van der Waals surface area contributed by atoms with Gasteiger partial charge in [0.2, 0.25) is 0 Å². The third-order valence-corrected chi connectivity index (χ3v) is 3.99. The van der Waals surface area contributed by atoms with Crippen LogP contribution in [-0.2, 0) is 0 Å². The van der Waals surface area contributed by atoms with Crippen molar-refractivity contribution in [3.8, 4) is 5.69 Å². The second-order valence-electron chi connectivity index (χ2n) is 4.73. The van der Waals surface area contributed by atoms with Crippen LogP contribution < -0.4 is 5.56 Å². The van der Waals surface area contributed by atoms with Gasteiger partial charge in [0.25, 0.3) is 11.2 Å². The number of hydrogen-bond donors (Lipinski definition) is 0. The summed E-state index contributed by atoms with van der Waals surface area (Å²) in [4.78, 5) is 27.4. The average molecular weight is 407 g/mol.